The van der Waals surface area contributed by atoms with Gasteiger partial charge in [0, 0.05) is 11.8 Å². The molecule has 1 aromatic heterocycles. The van der Waals surface area contributed by atoms with Crippen LogP contribution in [-0.2, 0) is 0 Å². The van der Waals surface area contributed by atoms with Crippen molar-refractivity contribution in [3.05, 3.63) is 66.0 Å². The van der Waals surface area contributed by atoms with Gasteiger partial charge >= 0.3 is 0 Å². The Balaban J connectivity index is 1.84. The Kier molecular flexibility index (Phi) is 4.61. The van der Waals surface area contributed by atoms with Gasteiger partial charge in [0.15, 0.2) is 0 Å². The highest BCUT2D eigenvalue weighted by Crippen LogP contribution is 2.28. The zero-order valence-corrected chi connectivity index (χ0v) is 14.0. The van der Waals surface area contributed by atoms with Crippen LogP contribution < -0.4 is 15.4 Å². The molecule has 24 heavy (non-hydrogen) atoms. The van der Waals surface area contributed by atoms with E-state index >= 15 is 0 Å². The van der Waals surface area contributed by atoms with Crippen LogP contribution in [0.25, 0.3) is 0 Å². The number of para-hydroxylation sites is 3. The van der Waals surface area contributed by atoms with Crippen LogP contribution in [0.3, 0.4) is 0 Å². The van der Waals surface area contributed by atoms with Crippen molar-refractivity contribution in [2.24, 2.45) is 0 Å². The number of anilines is 4. The van der Waals surface area contributed by atoms with E-state index in [1.165, 1.54) is 17.5 Å². The van der Waals surface area contributed by atoms with Gasteiger partial charge < -0.3 is 15.4 Å². The summed E-state index contributed by atoms with van der Waals surface area (Å²) in [5.41, 5.74) is 4.27. The largest absolute Gasteiger partial charge is 0.495 e. The van der Waals surface area contributed by atoms with Crippen molar-refractivity contribution in [3.63, 3.8) is 0 Å². The molecule has 0 amide bonds. The maximum Gasteiger partial charge on any atom is 0.142 e. The third kappa shape index (κ3) is 3.46. The maximum absolute atomic E-state index is 5.35. The van der Waals surface area contributed by atoms with E-state index < -0.39 is 0 Å². The van der Waals surface area contributed by atoms with Gasteiger partial charge in [0.1, 0.15) is 23.7 Å². The lowest BCUT2D eigenvalue weighted by Crippen LogP contribution is -2.01. The minimum absolute atomic E-state index is 0.697. The average molecular weight is 320 g/mol. The van der Waals surface area contributed by atoms with Crippen molar-refractivity contribution < 1.29 is 4.74 Å². The van der Waals surface area contributed by atoms with E-state index in [4.69, 9.17) is 4.74 Å². The molecule has 0 unspecified atom stereocenters. The summed E-state index contributed by atoms with van der Waals surface area (Å²) in [6.07, 6.45) is 1.54. The Morgan fingerprint density at radius 2 is 1.50 bits per heavy atom. The summed E-state index contributed by atoms with van der Waals surface area (Å²) in [7, 11) is 1.65. The van der Waals surface area contributed by atoms with E-state index in [9.17, 15) is 0 Å². The predicted octanol–water partition coefficient (Wildman–Crippen LogP) is 4.59. The molecule has 122 valence electrons. The number of aromatic nitrogens is 2. The lowest BCUT2D eigenvalue weighted by molar-refractivity contribution is 0.417. The number of benzene rings is 2. The summed E-state index contributed by atoms with van der Waals surface area (Å²) in [6, 6.07) is 15.8. The third-order valence-corrected chi connectivity index (χ3v) is 3.77. The molecule has 1 heterocycles. The number of rotatable bonds is 5. The van der Waals surface area contributed by atoms with Gasteiger partial charge in [0.05, 0.1) is 12.8 Å². The highest BCUT2D eigenvalue weighted by molar-refractivity contribution is 5.69. The minimum Gasteiger partial charge on any atom is -0.495 e. The normalized spacial score (nSPS) is 10.3. The average Bonchev–Trinajstić information content (AvgIpc) is 2.59. The van der Waals surface area contributed by atoms with Gasteiger partial charge in [-0.1, -0.05) is 30.3 Å². The topological polar surface area (TPSA) is 59.1 Å². The summed E-state index contributed by atoms with van der Waals surface area (Å²) < 4.78 is 5.35. The molecule has 0 radical (unpaired) electrons. The summed E-state index contributed by atoms with van der Waals surface area (Å²) >= 11 is 0. The molecule has 0 saturated heterocycles. The molecule has 0 saturated carbocycles. The molecule has 0 fully saturated rings. The number of nitrogens with zero attached hydrogens (tertiary/aromatic N) is 2. The van der Waals surface area contributed by atoms with Crippen molar-refractivity contribution >= 4 is 23.0 Å². The smallest absolute Gasteiger partial charge is 0.142 e. The van der Waals surface area contributed by atoms with E-state index in [0.29, 0.717) is 5.82 Å². The fourth-order valence-corrected chi connectivity index (χ4v) is 2.52. The van der Waals surface area contributed by atoms with Crippen molar-refractivity contribution in [2.75, 3.05) is 17.7 Å². The Labute approximate surface area is 141 Å². The van der Waals surface area contributed by atoms with Gasteiger partial charge in [-0.05, 0) is 37.1 Å². The van der Waals surface area contributed by atoms with E-state index in [1.807, 2.05) is 36.4 Å². The summed E-state index contributed by atoms with van der Waals surface area (Å²) in [5, 5.41) is 6.64. The van der Waals surface area contributed by atoms with Crippen molar-refractivity contribution in [3.8, 4) is 5.75 Å². The molecule has 0 aliphatic rings. The summed E-state index contributed by atoms with van der Waals surface area (Å²) in [5.74, 6) is 2.20. The molecular weight excluding hydrogens is 300 g/mol. The van der Waals surface area contributed by atoms with Crippen LogP contribution in [-0.4, -0.2) is 17.1 Å². The van der Waals surface area contributed by atoms with Crippen LogP contribution >= 0.6 is 0 Å². The van der Waals surface area contributed by atoms with Gasteiger partial charge in [-0.15, -0.1) is 0 Å². The number of methoxy groups -OCH3 is 1. The molecule has 0 aliphatic heterocycles. The van der Waals surface area contributed by atoms with Crippen LogP contribution in [0.15, 0.2) is 54.9 Å². The van der Waals surface area contributed by atoms with Gasteiger partial charge in [-0.25, -0.2) is 9.97 Å². The molecule has 5 nitrogen and oxygen atoms in total. The van der Waals surface area contributed by atoms with E-state index in [-0.39, 0.29) is 0 Å². The number of ether oxygens (including phenoxy) is 1. The van der Waals surface area contributed by atoms with Crippen molar-refractivity contribution in [2.45, 2.75) is 13.8 Å². The second-order valence-corrected chi connectivity index (χ2v) is 5.51. The van der Waals surface area contributed by atoms with Crippen molar-refractivity contribution in [1.29, 1.82) is 0 Å². The van der Waals surface area contributed by atoms with Crippen LogP contribution in [0.4, 0.5) is 23.0 Å². The third-order valence-electron chi connectivity index (χ3n) is 3.77. The molecule has 2 N–H and O–H groups in total. The molecule has 2 aromatic carbocycles. The van der Waals surface area contributed by atoms with Crippen LogP contribution in [0, 0.1) is 13.8 Å². The minimum atomic E-state index is 0.697. The zero-order valence-electron chi connectivity index (χ0n) is 14.0. The SMILES string of the molecule is COc1ccccc1Nc1cc(Nc2c(C)cccc2C)ncn1. The molecule has 0 spiro atoms. The number of nitrogens with one attached hydrogen (secondary N) is 2. The Morgan fingerprint density at radius 3 is 2.21 bits per heavy atom. The predicted molar refractivity (Wildman–Crippen MR) is 97.5 cm³/mol. The highest BCUT2D eigenvalue weighted by Gasteiger charge is 2.06. The lowest BCUT2D eigenvalue weighted by atomic mass is 10.1. The number of hydrogen-bond donors (Lipinski definition) is 2. The zero-order chi connectivity index (χ0) is 16.9. The Hall–Kier alpha value is -3.08. The lowest BCUT2D eigenvalue weighted by Gasteiger charge is -2.13. The van der Waals surface area contributed by atoms with Gasteiger partial charge in [-0.2, -0.15) is 0 Å². The second kappa shape index (κ2) is 7.00. The van der Waals surface area contributed by atoms with E-state index in [2.05, 4.69) is 46.6 Å². The fourth-order valence-electron chi connectivity index (χ4n) is 2.52. The number of hydrogen-bond acceptors (Lipinski definition) is 5. The standard InChI is InChI=1S/C19H20N4O/c1-13-7-6-8-14(2)19(13)23-18-11-17(20-12-21-18)22-15-9-4-5-10-16(15)24-3/h4-12H,1-3H3,(H2,20,21,22,23). The molecule has 0 bridgehead atoms. The summed E-state index contributed by atoms with van der Waals surface area (Å²) in [4.78, 5) is 8.59. The molecule has 3 rings (SSSR count). The first-order valence-electron chi connectivity index (χ1n) is 7.72. The first-order chi connectivity index (χ1) is 11.7. The fraction of sp³-hybridized carbons (Fsp3) is 0.158. The van der Waals surface area contributed by atoms with E-state index in [1.54, 1.807) is 7.11 Å². The first-order valence-corrected chi connectivity index (χ1v) is 7.72. The van der Waals surface area contributed by atoms with Gasteiger partial charge in [0.25, 0.3) is 0 Å². The quantitative estimate of drug-likeness (QED) is 0.720. The number of aryl methyl sites for hydroxylation is 2. The molecule has 3 aromatic rings. The summed E-state index contributed by atoms with van der Waals surface area (Å²) in [6.45, 7) is 4.15. The molecule has 0 aliphatic carbocycles. The molecule has 5 heteroatoms. The highest BCUT2D eigenvalue weighted by atomic mass is 16.5. The molecule has 0 atom stereocenters. The Bertz CT molecular complexity index is 828. The van der Waals surface area contributed by atoms with Crippen LogP contribution in [0.5, 0.6) is 5.75 Å². The van der Waals surface area contributed by atoms with Gasteiger partial charge in [0.2, 0.25) is 0 Å². The molecular formula is C19H20N4O. The van der Waals surface area contributed by atoms with Crippen LogP contribution in [0.2, 0.25) is 0 Å². The van der Waals surface area contributed by atoms with Crippen molar-refractivity contribution in [1.82, 2.24) is 9.97 Å². The second-order valence-electron chi connectivity index (χ2n) is 5.51. The Morgan fingerprint density at radius 1 is 0.833 bits per heavy atom. The van der Waals surface area contributed by atoms with Crippen LogP contribution in [0.1, 0.15) is 11.1 Å². The maximum atomic E-state index is 5.35. The first kappa shape index (κ1) is 15.8. The van der Waals surface area contributed by atoms with E-state index in [0.717, 1.165) is 22.9 Å². The monoisotopic (exact) mass is 320 g/mol. The van der Waals surface area contributed by atoms with Gasteiger partial charge in [-0.3, -0.25) is 0 Å².